The number of aliphatic carboxylic acids is 2. The summed E-state index contributed by atoms with van der Waals surface area (Å²) in [6.07, 6.45) is 0.519. The Morgan fingerprint density at radius 3 is 1.64 bits per heavy atom. The summed E-state index contributed by atoms with van der Waals surface area (Å²) in [6.45, 7) is 3.16. The van der Waals surface area contributed by atoms with Crippen molar-refractivity contribution >= 4 is 17.9 Å². The molecule has 0 atom stereocenters. The number of hydrogen-bond acceptors (Lipinski definition) is 4. The van der Waals surface area contributed by atoms with Crippen molar-refractivity contribution in [1.82, 2.24) is 0 Å². The predicted molar refractivity (Wildman–Crippen MR) is 46.7 cm³/mol. The van der Waals surface area contributed by atoms with Gasteiger partial charge in [0, 0.05) is 6.08 Å². The second-order valence-electron chi connectivity index (χ2n) is 2.01. The first kappa shape index (κ1) is 14.7. The first-order valence-corrected chi connectivity index (χ1v) is 3.58. The quantitative estimate of drug-likeness (QED) is 0.504. The highest BCUT2D eigenvalue weighted by atomic mass is 16.5. The molecule has 0 aliphatic rings. The molecule has 0 saturated heterocycles. The van der Waals surface area contributed by atoms with Crippen LogP contribution in [-0.2, 0) is 19.1 Å². The van der Waals surface area contributed by atoms with Crippen molar-refractivity contribution in [2.24, 2.45) is 0 Å². The van der Waals surface area contributed by atoms with E-state index < -0.39 is 17.9 Å². The molecule has 0 radical (unpaired) electrons. The smallest absolute Gasteiger partial charge is 0.329 e. The first-order valence-electron chi connectivity index (χ1n) is 3.58. The minimum absolute atomic E-state index is 0.296. The van der Waals surface area contributed by atoms with Crippen molar-refractivity contribution < 1.29 is 29.3 Å². The Morgan fingerprint density at radius 2 is 1.57 bits per heavy atom. The second kappa shape index (κ2) is 9.24. The maximum atomic E-state index is 9.84. The molecule has 6 heteroatoms. The minimum atomic E-state index is -1.08. The summed E-state index contributed by atoms with van der Waals surface area (Å²) in [5.41, 5.74) is 0. The van der Waals surface area contributed by atoms with Crippen LogP contribution in [0.2, 0.25) is 0 Å². The van der Waals surface area contributed by atoms with Gasteiger partial charge in [-0.25, -0.2) is 4.79 Å². The Labute approximate surface area is 80.8 Å². The molecule has 0 amide bonds. The van der Waals surface area contributed by atoms with Crippen molar-refractivity contribution in [2.45, 2.75) is 12.8 Å². The van der Waals surface area contributed by atoms with Gasteiger partial charge in [0.2, 0.25) is 0 Å². The Kier molecular flexibility index (Phi) is 9.68. The zero-order chi connectivity index (χ0) is 11.6. The van der Waals surface area contributed by atoms with Gasteiger partial charge in [-0.05, 0) is 0 Å². The van der Waals surface area contributed by atoms with Crippen molar-refractivity contribution in [3.05, 3.63) is 12.7 Å². The first-order chi connectivity index (χ1) is 6.43. The van der Waals surface area contributed by atoms with Crippen LogP contribution in [0, 0.1) is 0 Å². The lowest BCUT2D eigenvalue weighted by Crippen LogP contribution is -2.00. The van der Waals surface area contributed by atoms with Crippen LogP contribution in [0.25, 0.3) is 0 Å². The number of carboxylic acid groups (broad SMARTS) is 2. The Morgan fingerprint density at radius 1 is 1.21 bits per heavy atom. The SMILES string of the molecule is C=CC(=O)OC.O=C(O)CCC(=O)O. The lowest BCUT2D eigenvalue weighted by Gasteiger charge is -1.85. The third-order valence-corrected chi connectivity index (χ3v) is 0.921. The molecule has 0 aliphatic heterocycles. The minimum Gasteiger partial charge on any atom is -0.481 e. The molecule has 14 heavy (non-hydrogen) atoms. The molecule has 0 unspecified atom stereocenters. The highest BCUT2D eigenvalue weighted by molar-refractivity contribution is 5.80. The average Bonchev–Trinajstić information content (AvgIpc) is 2.14. The van der Waals surface area contributed by atoms with Crippen LogP contribution in [0.3, 0.4) is 0 Å². The van der Waals surface area contributed by atoms with E-state index in [0.29, 0.717) is 0 Å². The fourth-order valence-corrected chi connectivity index (χ4v) is 0.297. The van der Waals surface area contributed by atoms with E-state index in [0.717, 1.165) is 6.08 Å². The van der Waals surface area contributed by atoms with Crippen molar-refractivity contribution in [3.8, 4) is 0 Å². The third kappa shape index (κ3) is 16.6. The Hall–Kier alpha value is -1.85. The summed E-state index contributed by atoms with van der Waals surface area (Å²) in [6, 6.07) is 0. The number of rotatable bonds is 4. The molecule has 0 aromatic carbocycles. The van der Waals surface area contributed by atoms with Crippen LogP contribution in [-0.4, -0.2) is 35.2 Å². The van der Waals surface area contributed by atoms with Crippen LogP contribution in [0.1, 0.15) is 12.8 Å². The lowest BCUT2D eigenvalue weighted by atomic mass is 10.3. The number of methoxy groups -OCH3 is 1. The number of hydrogen-bond donors (Lipinski definition) is 2. The molecular formula is C8H12O6. The molecule has 0 saturated carbocycles. The van der Waals surface area contributed by atoms with Gasteiger partial charge in [-0.15, -0.1) is 0 Å². The van der Waals surface area contributed by atoms with Gasteiger partial charge >= 0.3 is 17.9 Å². The highest BCUT2D eigenvalue weighted by Crippen LogP contribution is 1.86. The molecule has 0 aromatic rings. The van der Waals surface area contributed by atoms with Gasteiger partial charge < -0.3 is 14.9 Å². The summed E-state index contributed by atoms with van der Waals surface area (Å²) in [4.78, 5) is 29.1. The van der Waals surface area contributed by atoms with E-state index in [1.807, 2.05) is 0 Å². The molecule has 0 rings (SSSR count). The number of esters is 1. The predicted octanol–water partition coefficient (Wildman–Crippen LogP) is 0.281. The molecule has 6 nitrogen and oxygen atoms in total. The average molecular weight is 204 g/mol. The van der Waals surface area contributed by atoms with E-state index in [1.165, 1.54) is 7.11 Å². The lowest BCUT2D eigenvalue weighted by molar-refractivity contribution is -0.143. The van der Waals surface area contributed by atoms with Crippen LogP contribution >= 0.6 is 0 Å². The molecule has 0 bridgehead atoms. The van der Waals surface area contributed by atoms with Crippen LogP contribution in [0.5, 0.6) is 0 Å². The largest absolute Gasteiger partial charge is 0.481 e. The van der Waals surface area contributed by atoms with Crippen LogP contribution in [0.4, 0.5) is 0 Å². The summed E-state index contributed by atoms with van der Waals surface area (Å²) < 4.78 is 4.14. The van der Waals surface area contributed by atoms with E-state index in [9.17, 15) is 14.4 Å². The molecular weight excluding hydrogens is 192 g/mol. The van der Waals surface area contributed by atoms with Crippen molar-refractivity contribution in [3.63, 3.8) is 0 Å². The second-order valence-corrected chi connectivity index (χ2v) is 2.01. The van der Waals surface area contributed by atoms with Crippen LogP contribution < -0.4 is 0 Å². The van der Waals surface area contributed by atoms with Crippen molar-refractivity contribution in [2.75, 3.05) is 7.11 Å². The maximum Gasteiger partial charge on any atom is 0.329 e. The maximum absolute atomic E-state index is 9.84. The van der Waals surface area contributed by atoms with E-state index in [1.54, 1.807) is 0 Å². The summed E-state index contributed by atoms with van der Waals surface area (Å²) in [5.74, 6) is -2.55. The number of carbonyl (C=O) groups excluding carboxylic acids is 1. The Balaban J connectivity index is 0. The van der Waals surface area contributed by atoms with Gasteiger partial charge in [-0.2, -0.15) is 0 Å². The van der Waals surface area contributed by atoms with Gasteiger partial charge in [-0.3, -0.25) is 9.59 Å². The number of ether oxygens (including phenoxy) is 1. The zero-order valence-electron chi connectivity index (χ0n) is 7.73. The highest BCUT2D eigenvalue weighted by Gasteiger charge is 2.00. The summed E-state index contributed by atoms with van der Waals surface area (Å²) in [7, 11) is 1.31. The van der Waals surface area contributed by atoms with Gasteiger partial charge in [-0.1, -0.05) is 6.58 Å². The number of carboxylic acids is 2. The molecule has 0 spiro atoms. The summed E-state index contributed by atoms with van der Waals surface area (Å²) in [5, 5.41) is 15.8. The topological polar surface area (TPSA) is 101 Å². The normalized spacial score (nSPS) is 7.79. The van der Waals surface area contributed by atoms with E-state index in [-0.39, 0.29) is 12.8 Å². The molecule has 80 valence electrons. The van der Waals surface area contributed by atoms with Crippen molar-refractivity contribution in [1.29, 1.82) is 0 Å². The van der Waals surface area contributed by atoms with Gasteiger partial charge in [0.1, 0.15) is 0 Å². The van der Waals surface area contributed by atoms with Crippen LogP contribution in [0.15, 0.2) is 12.7 Å². The third-order valence-electron chi connectivity index (χ3n) is 0.921. The fraction of sp³-hybridized carbons (Fsp3) is 0.375. The molecule has 0 fully saturated rings. The molecule has 0 aliphatic carbocycles. The summed E-state index contributed by atoms with van der Waals surface area (Å²) >= 11 is 0. The van der Waals surface area contributed by atoms with Gasteiger partial charge in [0.15, 0.2) is 0 Å². The van der Waals surface area contributed by atoms with E-state index in [2.05, 4.69) is 11.3 Å². The zero-order valence-corrected chi connectivity index (χ0v) is 7.73. The van der Waals surface area contributed by atoms with E-state index >= 15 is 0 Å². The Bertz CT molecular complexity index is 206. The molecule has 0 heterocycles. The standard InChI is InChI=1S/C4H6O4.C4H6O2/c5-3(6)1-2-4(7)8;1-3-4(5)6-2/h1-2H2,(H,5,6)(H,7,8);3H,1H2,2H3. The monoisotopic (exact) mass is 204 g/mol. The molecule has 0 aromatic heterocycles. The van der Waals surface area contributed by atoms with Gasteiger partial charge in [0.25, 0.3) is 0 Å². The van der Waals surface area contributed by atoms with Gasteiger partial charge in [0.05, 0.1) is 20.0 Å². The molecule has 2 N–H and O–H groups in total. The number of carbonyl (C=O) groups is 3. The fourth-order valence-electron chi connectivity index (χ4n) is 0.297. The van der Waals surface area contributed by atoms with E-state index in [4.69, 9.17) is 10.2 Å².